The molecule has 1 aromatic carbocycles. The van der Waals surface area contributed by atoms with Gasteiger partial charge in [-0.25, -0.2) is 0 Å². The Balaban J connectivity index is 2.84. The van der Waals surface area contributed by atoms with Crippen LogP contribution >= 0.6 is 22.6 Å². The summed E-state index contributed by atoms with van der Waals surface area (Å²) in [7, 11) is 0. The predicted molar refractivity (Wildman–Crippen MR) is 65.7 cm³/mol. The average Bonchev–Trinajstić information content (AvgIpc) is 2.10. The van der Waals surface area contributed by atoms with Gasteiger partial charge in [-0.2, -0.15) is 0 Å². The Hall–Kier alpha value is -0.0900. The summed E-state index contributed by atoms with van der Waals surface area (Å²) in [6.45, 7) is 4.29. The molecule has 0 radical (unpaired) electrons. The van der Waals surface area contributed by atoms with Gasteiger partial charge in [-0.05, 0) is 53.1 Å². The molecule has 0 amide bonds. The van der Waals surface area contributed by atoms with Crippen LogP contribution in [-0.2, 0) is 0 Å². The zero-order chi connectivity index (χ0) is 9.84. The number of halogens is 1. The van der Waals surface area contributed by atoms with Gasteiger partial charge in [-0.15, -0.1) is 0 Å². The summed E-state index contributed by atoms with van der Waals surface area (Å²) in [5, 5.41) is 0. The van der Waals surface area contributed by atoms with E-state index in [2.05, 4.69) is 54.6 Å². The van der Waals surface area contributed by atoms with Gasteiger partial charge in [0.1, 0.15) is 0 Å². The van der Waals surface area contributed by atoms with E-state index in [1.807, 2.05) is 0 Å². The van der Waals surface area contributed by atoms with Gasteiger partial charge in [0.25, 0.3) is 0 Å². The Morgan fingerprint density at radius 2 is 2.15 bits per heavy atom. The quantitative estimate of drug-likeness (QED) is 0.848. The molecule has 0 heterocycles. The molecule has 2 N–H and O–H groups in total. The first-order valence-electron chi connectivity index (χ1n) is 4.66. The SMILES string of the molecule is CCCC(N)c1ccc(C)c(I)c1. The van der Waals surface area contributed by atoms with Gasteiger partial charge in [-0.1, -0.05) is 25.5 Å². The first-order chi connectivity index (χ1) is 6.15. The van der Waals surface area contributed by atoms with E-state index in [0.717, 1.165) is 12.8 Å². The van der Waals surface area contributed by atoms with E-state index in [1.54, 1.807) is 0 Å². The summed E-state index contributed by atoms with van der Waals surface area (Å²) in [5.74, 6) is 0. The molecule has 0 aliphatic rings. The van der Waals surface area contributed by atoms with Crippen LogP contribution in [0.5, 0.6) is 0 Å². The molecule has 1 rings (SSSR count). The number of benzene rings is 1. The predicted octanol–water partition coefficient (Wildman–Crippen LogP) is 3.40. The summed E-state index contributed by atoms with van der Waals surface area (Å²) in [6.07, 6.45) is 2.21. The van der Waals surface area contributed by atoms with Crippen LogP contribution in [0.1, 0.15) is 36.9 Å². The van der Waals surface area contributed by atoms with Crippen LogP contribution in [0.3, 0.4) is 0 Å². The fraction of sp³-hybridized carbons (Fsp3) is 0.455. The fourth-order valence-electron chi connectivity index (χ4n) is 1.32. The Kier molecular flexibility index (Phi) is 4.19. The zero-order valence-corrected chi connectivity index (χ0v) is 10.3. The summed E-state index contributed by atoms with van der Waals surface area (Å²) in [6, 6.07) is 6.68. The second kappa shape index (κ2) is 4.96. The molecule has 0 spiro atoms. The van der Waals surface area contributed by atoms with Gasteiger partial charge in [0.15, 0.2) is 0 Å². The Morgan fingerprint density at radius 3 is 2.69 bits per heavy atom. The Labute approximate surface area is 93.9 Å². The number of nitrogens with two attached hydrogens (primary N) is 1. The molecule has 0 fully saturated rings. The van der Waals surface area contributed by atoms with Gasteiger partial charge >= 0.3 is 0 Å². The maximum Gasteiger partial charge on any atom is 0.0295 e. The molecule has 0 aromatic heterocycles. The third kappa shape index (κ3) is 2.95. The van der Waals surface area contributed by atoms with Crippen LogP contribution in [0.25, 0.3) is 0 Å². The molecule has 0 aliphatic carbocycles. The van der Waals surface area contributed by atoms with Crippen molar-refractivity contribution in [3.63, 3.8) is 0 Å². The van der Waals surface area contributed by atoms with E-state index in [9.17, 15) is 0 Å². The second-order valence-electron chi connectivity index (χ2n) is 3.40. The lowest BCUT2D eigenvalue weighted by Crippen LogP contribution is -2.09. The van der Waals surface area contributed by atoms with Crippen molar-refractivity contribution >= 4 is 22.6 Å². The Bertz CT molecular complexity index is 283. The van der Waals surface area contributed by atoms with Crippen molar-refractivity contribution in [3.05, 3.63) is 32.9 Å². The van der Waals surface area contributed by atoms with Crippen molar-refractivity contribution in [2.24, 2.45) is 5.73 Å². The lowest BCUT2D eigenvalue weighted by Gasteiger charge is -2.11. The summed E-state index contributed by atoms with van der Waals surface area (Å²) in [5.41, 5.74) is 8.61. The molecule has 72 valence electrons. The number of rotatable bonds is 3. The van der Waals surface area contributed by atoms with E-state index in [1.165, 1.54) is 14.7 Å². The molecule has 2 heteroatoms. The van der Waals surface area contributed by atoms with Gasteiger partial charge in [0.2, 0.25) is 0 Å². The zero-order valence-electron chi connectivity index (χ0n) is 8.18. The smallest absolute Gasteiger partial charge is 0.0295 e. The molecule has 0 aliphatic heterocycles. The molecular formula is C11H16IN. The third-order valence-corrected chi connectivity index (χ3v) is 3.39. The maximum absolute atomic E-state index is 6.02. The van der Waals surface area contributed by atoms with E-state index in [0.29, 0.717) is 0 Å². The molecule has 0 saturated heterocycles. The molecule has 1 unspecified atom stereocenters. The van der Waals surface area contributed by atoms with Crippen molar-refractivity contribution in [1.29, 1.82) is 0 Å². The van der Waals surface area contributed by atoms with E-state index >= 15 is 0 Å². The van der Waals surface area contributed by atoms with Crippen molar-refractivity contribution < 1.29 is 0 Å². The van der Waals surface area contributed by atoms with Crippen LogP contribution in [0, 0.1) is 10.5 Å². The molecule has 1 nitrogen and oxygen atoms in total. The molecule has 1 atom stereocenters. The highest BCUT2D eigenvalue weighted by Gasteiger charge is 2.05. The van der Waals surface area contributed by atoms with Gasteiger partial charge in [-0.3, -0.25) is 0 Å². The average molecular weight is 289 g/mol. The van der Waals surface area contributed by atoms with Crippen LogP contribution in [-0.4, -0.2) is 0 Å². The van der Waals surface area contributed by atoms with Crippen LogP contribution in [0.4, 0.5) is 0 Å². The minimum Gasteiger partial charge on any atom is -0.324 e. The standard InChI is InChI=1S/C11H16IN/c1-3-4-11(13)9-6-5-8(2)10(12)7-9/h5-7,11H,3-4,13H2,1-2H3. The topological polar surface area (TPSA) is 26.0 Å². The van der Waals surface area contributed by atoms with Gasteiger partial charge < -0.3 is 5.73 Å². The maximum atomic E-state index is 6.02. The van der Waals surface area contributed by atoms with Gasteiger partial charge in [0, 0.05) is 9.61 Å². The van der Waals surface area contributed by atoms with Crippen molar-refractivity contribution in [3.8, 4) is 0 Å². The van der Waals surface area contributed by atoms with Crippen molar-refractivity contribution in [1.82, 2.24) is 0 Å². The largest absolute Gasteiger partial charge is 0.324 e. The van der Waals surface area contributed by atoms with Crippen LogP contribution in [0.15, 0.2) is 18.2 Å². The van der Waals surface area contributed by atoms with Gasteiger partial charge in [0.05, 0.1) is 0 Å². The highest BCUT2D eigenvalue weighted by atomic mass is 127. The normalized spacial score (nSPS) is 12.9. The van der Waals surface area contributed by atoms with Crippen LogP contribution < -0.4 is 5.73 Å². The summed E-state index contributed by atoms with van der Waals surface area (Å²) >= 11 is 2.36. The number of hydrogen-bond donors (Lipinski definition) is 1. The summed E-state index contributed by atoms with van der Waals surface area (Å²) < 4.78 is 1.31. The first kappa shape index (κ1) is 11.0. The van der Waals surface area contributed by atoms with E-state index < -0.39 is 0 Å². The van der Waals surface area contributed by atoms with E-state index in [4.69, 9.17) is 5.73 Å². The van der Waals surface area contributed by atoms with E-state index in [-0.39, 0.29) is 6.04 Å². The lowest BCUT2D eigenvalue weighted by molar-refractivity contribution is 0.638. The molecule has 1 aromatic rings. The lowest BCUT2D eigenvalue weighted by atomic mass is 10.0. The highest BCUT2D eigenvalue weighted by molar-refractivity contribution is 14.1. The van der Waals surface area contributed by atoms with Crippen molar-refractivity contribution in [2.45, 2.75) is 32.7 Å². The fourth-order valence-corrected chi connectivity index (χ4v) is 1.86. The van der Waals surface area contributed by atoms with Crippen LogP contribution in [0.2, 0.25) is 0 Å². The highest BCUT2D eigenvalue weighted by Crippen LogP contribution is 2.20. The summed E-state index contributed by atoms with van der Waals surface area (Å²) in [4.78, 5) is 0. The monoisotopic (exact) mass is 289 g/mol. The third-order valence-electron chi connectivity index (χ3n) is 2.22. The van der Waals surface area contributed by atoms with Crippen molar-refractivity contribution in [2.75, 3.05) is 0 Å². The minimum atomic E-state index is 0.208. The molecule has 0 bridgehead atoms. The number of hydrogen-bond acceptors (Lipinski definition) is 1. The minimum absolute atomic E-state index is 0.208. The Morgan fingerprint density at radius 1 is 1.46 bits per heavy atom. The molecule has 13 heavy (non-hydrogen) atoms. The molecule has 0 saturated carbocycles. The second-order valence-corrected chi connectivity index (χ2v) is 4.57. The number of aryl methyl sites for hydroxylation is 1. The first-order valence-corrected chi connectivity index (χ1v) is 5.74. The molecular weight excluding hydrogens is 273 g/mol.